The Morgan fingerprint density at radius 2 is 1.94 bits per heavy atom. The highest BCUT2D eigenvalue weighted by atomic mass is 32.2. The topological polar surface area (TPSA) is 61.2 Å². The highest BCUT2D eigenvalue weighted by Crippen LogP contribution is 2.34. The van der Waals surface area contributed by atoms with Crippen LogP contribution in [0.2, 0.25) is 0 Å². The Labute approximate surface area is 198 Å². The molecular formula is C23H29N5O2S2. The van der Waals surface area contributed by atoms with Crippen molar-refractivity contribution in [1.29, 1.82) is 0 Å². The summed E-state index contributed by atoms with van der Waals surface area (Å²) >= 11 is 6.74. The molecule has 2 aliphatic rings. The lowest BCUT2D eigenvalue weighted by Gasteiger charge is -2.34. The fourth-order valence-corrected chi connectivity index (χ4v) is 5.19. The first-order valence-corrected chi connectivity index (χ1v) is 12.2. The Morgan fingerprint density at radius 3 is 2.62 bits per heavy atom. The van der Waals surface area contributed by atoms with Gasteiger partial charge in [-0.2, -0.15) is 0 Å². The van der Waals surface area contributed by atoms with Gasteiger partial charge >= 0.3 is 0 Å². The minimum Gasteiger partial charge on any atom is -0.353 e. The summed E-state index contributed by atoms with van der Waals surface area (Å²) in [6.07, 6.45) is 4.31. The molecule has 2 aromatic rings. The molecule has 7 nitrogen and oxygen atoms in total. The fourth-order valence-electron chi connectivity index (χ4n) is 3.90. The summed E-state index contributed by atoms with van der Waals surface area (Å²) in [5, 5.41) is 0. The zero-order valence-corrected chi connectivity index (χ0v) is 20.6. The van der Waals surface area contributed by atoms with Gasteiger partial charge in [0, 0.05) is 38.9 Å². The van der Waals surface area contributed by atoms with E-state index in [9.17, 15) is 9.59 Å². The molecule has 0 aromatic carbocycles. The van der Waals surface area contributed by atoms with E-state index in [0.29, 0.717) is 38.7 Å². The summed E-state index contributed by atoms with van der Waals surface area (Å²) < 4.78 is 2.12. The van der Waals surface area contributed by atoms with E-state index in [-0.39, 0.29) is 11.5 Å². The van der Waals surface area contributed by atoms with Crippen LogP contribution < -0.4 is 10.5 Å². The lowest BCUT2D eigenvalue weighted by molar-refractivity contribution is -0.122. The van der Waals surface area contributed by atoms with Gasteiger partial charge in [0.25, 0.3) is 11.5 Å². The number of hydrogen-bond acceptors (Lipinski definition) is 7. The van der Waals surface area contributed by atoms with Crippen molar-refractivity contribution in [1.82, 2.24) is 19.2 Å². The average molecular weight is 472 g/mol. The van der Waals surface area contributed by atoms with Gasteiger partial charge in [-0.1, -0.05) is 43.9 Å². The molecule has 170 valence electrons. The molecule has 0 radical (unpaired) electrons. The summed E-state index contributed by atoms with van der Waals surface area (Å²) in [6, 6.07) is 3.80. The number of anilines is 1. The first-order chi connectivity index (χ1) is 15.3. The van der Waals surface area contributed by atoms with E-state index in [0.717, 1.165) is 38.2 Å². The van der Waals surface area contributed by atoms with Gasteiger partial charge in [-0.15, -0.1) is 0 Å². The van der Waals surface area contributed by atoms with Crippen molar-refractivity contribution < 1.29 is 4.79 Å². The number of piperazine rings is 1. The minimum absolute atomic E-state index is 0.126. The Morgan fingerprint density at radius 1 is 1.22 bits per heavy atom. The highest BCUT2D eigenvalue weighted by molar-refractivity contribution is 8.26. The third kappa shape index (κ3) is 4.46. The van der Waals surface area contributed by atoms with Crippen LogP contribution in [0.5, 0.6) is 0 Å². The molecule has 0 unspecified atom stereocenters. The number of amides is 1. The molecule has 2 saturated heterocycles. The molecule has 2 aromatic heterocycles. The van der Waals surface area contributed by atoms with Crippen LogP contribution in [0.25, 0.3) is 11.7 Å². The normalized spacial score (nSPS) is 19.2. The molecule has 0 N–H and O–H groups in total. The third-order valence-corrected chi connectivity index (χ3v) is 7.32. The largest absolute Gasteiger partial charge is 0.353 e. The van der Waals surface area contributed by atoms with Crippen LogP contribution in [0.4, 0.5) is 5.82 Å². The van der Waals surface area contributed by atoms with Gasteiger partial charge in [-0.05, 0) is 44.0 Å². The SMILES string of the molecule is Cc1cccn2c(=O)c(/C=C3\SC(=S)N(CCC(C)C)C3=O)c(N3CCN(C)CC3)nc12. The first kappa shape index (κ1) is 22.9. The Balaban J connectivity index is 1.80. The van der Waals surface area contributed by atoms with Crippen molar-refractivity contribution in [3.63, 3.8) is 0 Å². The lowest BCUT2D eigenvalue weighted by Crippen LogP contribution is -2.45. The van der Waals surface area contributed by atoms with Crippen LogP contribution >= 0.6 is 24.0 Å². The Kier molecular flexibility index (Phi) is 6.69. The van der Waals surface area contributed by atoms with Gasteiger partial charge in [0.1, 0.15) is 15.8 Å². The van der Waals surface area contributed by atoms with E-state index in [2.05, 4.69) is 30.7 Å². The molecule has 0 atom stereocenters. The quantitative estimate of drug-likeness (QED) is 0.491. The number of thioether (sulfide) groups is 1. The third-order valence-electron chi connectivity index (χ3n) is 5.95. The number of carbonyl (C=O) groups is 1. The van der Waals surface area contributed by atoms with Gasteiger partial charge in [-0.25, -0.2) is 4.98 Å². The van der Waals surface area contributed by atoms with Crippen LogP contribution in [-0.4, -0.2) is 69.2 Å². The number of hydrogen-bond donors (Lipinski definition) is 0. The second-order valence-electron chi connectivity index (χ2n) is 8.85. The van der Waals surface area contributed by atoms with Crippen LogP contribution in [0, 0.1) is 12.8 Å². The fraction of sp³-hybridized carbons (Fsp3) is 0.478. The Hall–Kier alpha value is -2.23. The lowest BCUT2D eigenvalue weighted by atomic mass is 10.1. The summed E-state index contributed by atoms with van der Waals surface area (Å²) in [6.45, 7) is 10.1. The number of carbonyl (C=O) groups excluding carboxylic acids is 1. The maximum Gasteiger partial charge on any atom is 0.267 e. The maximum absolute atomic E-state index is 13.6. The summed E-state index contributed by atoms with van der Waals surface area (Å²) in [4.78, 5) is 38.1. The number of fused-ring (bicyclic) bond motifs is 1. The second kappa shape index (κ2) is 9.33. The molecular weight excluding hydrogens is 442 g/mol. The molecule has 0 saturated carbocycles. The highest BCUT2D eigenvalue weighted by Gasteiger charge is 2.33. The zero-order chi connectivity index (χ0) is 23.0. The number of nitrogens with zero attached hydrogens (tertiary/aromatic N) is 5. The van der Waals surface area contributed by atoms with Crippen LogP contribution in [-0.2, 0) is 4.79 Å². The van der Waals surface area contributed by atoms with E-state index >= 15 is 0 Å². The van der Waals surface area contributed by atoms with Crippen molar-refractivity contribution in [2.24, 2.45) is 5.92 Å². The average Bonchev–Trinajstić information content (AvgIpc) is 3.02. The molecule has 1 amide bonds. The number of aromatic nitrogens is 2. The molecule has 4 rings (SSSR count). The van der Waals surface area contributed by atoms with Crippen molar-refractivity contribution in [2.45, 2.75) is 27.2 Å². The molecule has 0 spiro atoms. The van der Waals surface area contributed by atoms with Crippen LogP contribution in [0.15, 0.2) is 28.0 Å². The standard InChI is InChI=1S/C23H29N5O2S2/c1-15(2)7-9-28-22(30)18(32-23(28)31)14-17-20(26-12-10-25(4)11-13-26)24-19-16(3)6-5-8-27(19)21(17)29/h5-6,8,14-15H,7,9-13H2,1-4H3/b18-14-. The Bertz CT molecular complexity index is 1150. The van der Waals surface area contributed by atoms with Gasteiger partial charge in [-0.3, -0.25) is 18.9 Å². The molecule has 4 heterocycles. The molecule has 9 heteroatoms. The predicted molar refractivity (Wildman–Crippen MR) is 135 cm³/mol. The van der Waals surface area contributed by atoms with E-state index in [1.807, 2.05) is 19.1 Å². The molecule has 0 bridgehead atoms. The van der Waals surface area contributed by atoms with E-state index in [4.69, 9.17) is 17.2 Å². The van der Waals surface area contributed by atoms with E-state index < -0.39 is 0 Å². The van der Waals surface area contributed by atoms with E-state index in [1.54, 1.807) is 21.6 Å². The first-order valence-electron chi connectivity index (χ1n) is 11.0. The number of aryl methyl sites for hydroxylation is 1. The zero-order valence-electron chi connectivity index (χ0n) is 19.0. The predicted octanol–water partition coefficient (Wildman–Crippen LogP) is 3.00. The van der Waals surface area contributed by atoms with Crippen molar-refractivity contribution >= 4 is 51.7 Å². The molecule has 2 fully saturated rings. The monoisotopic (exact) mass is 471 g/mol. The second-order valence-corrected chi connectivity index (χ2v) is 10.5. The van der Waals surface area contributed by atoms with Gasteiger partial charge in [0.05, 0.1) is 10.5 Å². The van der Waals surface area contributed by atoms with Crippen molar-refractivity contribution in [3.8, 4) is 0 Å². The van der Waals surface area contributed by atoms with Gasteiger partial charge < -0.3 is 9.80 Å². The molecule has 0 aliphatic carbocycles. The number of thiocarbonyl (C=S) groups is 1. The van der Waals surface area contributed by atoms with Gasteiger partial charge in [0.2, 0.25) is 0 Å². The van der Waals surface area contributed by atoms with Gasteiger partial charge in [0.15, 0.2) is 0 Å². The van der Waals surface area contributed by atoms with Crippen LogP contribution in [0.3, 0.4) is 0 Å². The maximum atomic E-state index is 13.6. The van der Waals surface area contributed by atoms with Crippen LogP contribution in [0.1, 0.15) is 31.4 Å². The smallest absolute Gasteiger partial charge is 0.267 e. The number of rotatable bonds is 5. The minimum atomic E-state index is -0.167. The van der Waals surface area contributed by atoms with E-state index in [1.165, 1.54) is 11.8 Å². The molecule has 32 heavy (non-hydrogen) atoms. The number of likely N-dealkylation sites (N-methyl/N-ethyl adjacent to an activating group) is 1. The molecule has 2 aliphatic heterocycles. The van der Waals surface area contributed by atoms with Crippen molar-refractivity contribution in [2.75, 3.05) is 44.7 Å². The summed E-state index contributed by atoms with van der Waals surface area (Å²) in [5.74, 6) is 0.994. The summed E-state index contributed by atoms with van der Waals surface area (Å²) in [5.41, 5.74) is 1.86. The van der Waals surface area contributed by atoms with Crippen molar-refractivity contribution in [3.05, 3.63) is 44.7 Å². The summed E-state index contributed by atoms with van der Waals surface area (Å²) in [7, 11) is 2.09. The number of pyridine rings is 1.